The van der Waals surface area contributed by atoms with Gasteiger partial charge in [0.05, 0.1) is 0 Å². The van der Waals surface area contributed by atoms with Crippen LogP contribution in [0.2, 0.25) is 5.15 Å². The molecular formula is C13H19ClN2. The Morgan fingerprint density at radius 2 is 2.06 bits per heavy atom. The van der Waals surface area contributed by atoms with Crippen LogP contribution in [-0.4, -0.2) is 11.0 Å². The normalized spacial score (nSPS) is 19.6. The average Bonchev–Trinajstić information content (AvgIpc) is 2.33. The van der Waals surface area contributed by atoms with Gasteiger partial charge in [-0.1, -0.05) is 36.9 Å². The number of nitrogens with two attached hydrogens (primary N) is 1. The fraction of sp³-hybridized carbons (Fsp3) is 0.615. The van der Waals surface area contributed by atoms with Gasteiger partial charge in [-0.25, -0.2) is 4.98 Å². The molecule has 1 unspecified atom stereocenters. The molecule has 1 aliphatic carbocycles. The van der Waals surface area contributed by atoms with Crippen LogP contribution < -0.4 is 5.73 Å². The Bertz CT molecular complexity index is 317. The van der Waals surface area contributed by atoms with Gasteiger partial charge in [-0.15, -0.1) is 0 Å². The number of nitrogens with zero attached hydrogens (tertiary/aromatic N) is 1. The molecule has 2 nitrogen and oxygen atoms in total. The van der Waals surface area contributed by atoms with E-state index in [1.54, 1.807) is 0 Å². The third kappa shape index (κ3) is 3.19. The molecule has 2 rings (SSSR count). The van der Waals surface area contributed by atoms with E-state index in [0.29, 0.717) is 11.1 Å². The van der Waals surface area contributed by atoms with Gasteiger partial charge in [0.15, 0.2) is 0 Å². The highest BCUT2D eigenvalue weighted by molar-refractivity contribution is 6.29. The maximum atomic E-state index is 6.26. The van der Waals surface area contributed by atoms with Crippen molar-refractivity contribution in [3.63, 3.8) is 0 Å². The number of pyridine rings is 1. The molecule has 1 aliphatic rings. The van der Waals surface area contributed by atoms with E-state index in [0.717, 1.165) is 6.42 Å². The topological polar surface area (TPSA) is 38.9 Å². The second kappa shape index (κ2) is 5.65. The summed E-state index contributed by atoms with van der Waals surface area (Å²) >= 11 is 5.75. The first-order valence-electron chi connectivity index (χ1n) is 6.12. The highest BCUT2D eigenvalue weighted by Gasteiger charge is 2.20. The summed E-state index contributed by atoms with van der Waals surface area (Å²) in [5, 5.41) is 0.551. The van der Waals surface area contributed by atoms with Crippen LogP contribution in [0.3, 0.4) is 0 Å². The van der Waals surface area contributed by atoms with Crippen LogP contribution in [0.1, 0.15) is 37.7 Å². The van der Waals surface area contributed by atoms with Crippen LogP contribution in [0.25, 0.3) is 0 Å². The van der Waals surface area contributed by atoms with Crippen LogP contribution in [-0.2, 0) is 6.42 Å². The zero-order valence-corrected chi connectivity index (χ0v) is 10.3. The number of rotatable bonds is 3. The van der Waals surface area contributed by atoms with Gasteiger partial charge < -0.3 is 5.73 Å². The van der Waals surface area contributed by atoms with E-state index in [4.69, 9.17) is 17.3 Å². The molecule has 0 spiro atoms. The molecule has 0 saturated heterocycles. The first-order valence-corrected chi connectivity index (χ1v) is 6.49. The second-order valence-corrected chi connectivity index (χ2v) is 5.14. The first-order chi connectivity index (χ1) is 7.75. The Morgan fingerprint density at radius 1 is 1.31 bits per heavy atom. The van der Waals surface area contributed by atoms with E-state index in [2.05, 4.69) is 4.98 Å². The van der Waals surface area contributed by atoms with Gasteiger partial charge in [0.1, 0.15) is 5.15 Å². The van der Waals surface area contributed by atoms with Gasteiger partial charge in [0.25, 0.3) is 0 Å². The number of halogens is 1. The summed E-state index contributed by atoms with van der Waals surface area (Å²) in [4.78, 5) is 4.09. The molecule has 2 N–H and O–H groups in total. The van der Waals surface area contributed by atoms with Crippen molar-refractivity contribution < 1.29 is 0 Å². The van der Waals surface area contributed by atoms with Gasteiger partial charge in [0.2, 0.25) is 0 Å². The lowest BCUT2D eigenvalue weighted by atomic mass is 9.82. The minimum atomic E-state index is 0.281. The Balaban J connectivity index is 1.90. The highest BCUT2D eigenvalue weighted by atomic mass is 35.5. The summed E-state index contributed by atoms with van der Waals surface area (Å²) in [6.07, 6.45) is 9.42. The van der Waals surface area contributed by atoms with Crippen molar-refractivity contribution in [3.8, 4) is 0 Å². The molecule has 1 heterocycles. The SMILES string of the molecule is NC(Cc1ccc(Cl)nc1)C1CCCCC1. The van der Waals surface area contributed by atoms with E-state index < -0.39 is 0 Å². The molecule has 1 aromatic heterocycles. The lowest BCUT2D eigenvalue weighted by molar-refractivity contribution is 0.303. The third-order valence-electron chi connectivity index (χ3n) is 3.52. The number of hydrogen-bond donors (Lipinski definition) is 1. The van der Waals surface area contributed by atoms with E-state index in [1.165, 1.54) is 37.7 Å². The molecule has 16 heavy (non-hydrogen) atoms. The van der Waals surface area contributed by atoms with Gasteiger partial charge in [0, 0.05) is 12.2 Å². The van der Waals surface area contributed by atoms with Crippen molar-refractivity contribution in [1.82, 2.24) is 4.98 Å². The molecule has 1 aromatic rings. The fourth-order valence-corrected chi connectivity index (χ4v) is 2.64. The molecule has 3 heteroatoms. The predicted molar refractivity (Wildman–Crippen MR) is 67.5 cm³/mol. The lowest BCUT2D eigenvalue weighted by Gasteiger charge is -2.27. The van der Waals surface area contributed by atoms with E-state index in [9.17, 15) is 0 Å². The van der Waals surface area contributed by atoms with Crippen LogP contribution in [0, 0.1) is 5.92 Å². The van der Waals surface area contributed by atoms with Crippen LogP contribution >= 0.6 is 11.6 Å². The Hall–Kier alpha value is -0.600. The van der Waals surface area contributed by atoms with Crippen molar-refractivity contribution >= 4 is 11.6 Å². The zero-order chi connectivity index (χ0) is 11.4. The summed E-state index contributed by atoms with van der Waals surface area (Å²) in [6.45, 7) is 0. The first kappa shape index (κ1) is 11.9. The van der Waals surface area contributed by atoms with Crippen LogP contribution in [0.5, 0.6) is 0 Å². The molecular weight excluding hydrogens is 220 g/mol. The van der Waals surface area contributed by atoms with E-state index in [-0.39, 0.29) is 6.04 Å². The summed E-state index contributed by atoms with van der Waals surface area (Å²) in [5.41, 5.74) is 7.45. The van der Waals surface area contributed by atoms with Gasteiger partial charge in [-0.05, 0) is 36.8 Å². The predicted octanol–water partition coefficient (Wildman–Crippen LogP) is 3.19. The van der Waals surface area contributed by atoms with Crippen molar-refractivity contribution in [2.75, 3.05) is 0 Å². The van der Waals surface area contributed by atoms with Gasteiger partial charge in [-0.2, -0.15) is 0 Å². The largest absolute Gasteiger partial charge is 0.327 e. The van der Waals surface area contributed by atoms with Crippen LogP contribution in [0.15, 0.2) is 18.3 Å². The maximum absolute atomic E-state index is 6.26. The molecule has 0 bridgehead atoms. The van der Waals surface area contributed by atoms with E-state index in [1.807, 2.05) is 18.3 Å². The zero-order valence-electron chi connectivity index (χ0n) is 9.53. The summed E-state index contributed by atoms with van der Waals surface area (Å²) < 4.78 is 0. The second-order valence-electron chi connectivity index (χ2n) is 4.76. The average molecular weight is 239 g/mol. The molecule has 1 saturated carbocycles. The minimum absolute atomic E-state index is 0.281. The number of aromatic nitrogens is 1. The Morgan fingerprint density at radius 3 is 2.69 bits per heavy atom. The molecule has 0 aromatic carbocycles. The standard InChI is InChI=1S/C13H19ClN2/c14-13-7-6-10(9-16-13)8-12(15)11-4-2-1-3-5-11/h6-7,9,11-12H,1-5,8,15H2. The molecule has 0 amide bonds. The van der Waals surface area contributed by atoms with Crippen molar-refractivity contribution in [1.29, 1.82) is 0 Å². The molecule has 1 fully saturated rings. The minimum Gasteiger partial charge on any atom is -0.327 e. The van der Waals surface area contributed by atoms with Crippen molar-refractivity contribution in [3.05, 3.63) is 29.0 Å². The molecule has 0 radical (unpaired) electrons. The summed E-state index contributed by atoms with van der Waals surface area (Å²) in [6, 6.07) is 4.14. The Kier molecular flexibility index (Phi) is 4.19. The molecule has 1 atom stereocenters. The number of hydrogen-bond acceptors (Lipinski definition) is 2. The third-order valence-corrected chi connectivity index (χ3v) is 3.74. The lowest BCUT2D eigenvalue weighted by Crippen LogP contribution is -2.33. The fourth-order valence-electron chi connectivity index (χ4n) is 2.53. The summed E-state index contributed by atoms with van der Waals surface area (Å²) in [7, 11) is 0. The van der Waals surface area contributed by atoms with Gasteiger partial charge >= 0.3 is 0 Å². The summed E-state index contributed by atoms with van der Waals surface area (Å²) in [5.74, 6) is 0.699. The van der Waals surface area contributed by atoms with Crippen LogP contribution in [0.4, 0.5) is 0 Å². The molecule has 0 aliphatic heterocycles. The van der Waals surface area contributed by atoms with E-state index >= 15 is 0 Å². The highest BCUT2D eigenvalue weighted by Crippen LogP contribution is 2.27. The Labute approximate surface area is 102 Å². The maximum Gasteiger partial charge on any atom is 0.129 e. The van der Waals surface area contributed by atoms with Crippen molar-refractivity contribution in [2.24, 2.45) is 11.7 Å². The van der Waals surface area contributed by atoms with Gasteiger partial charge in [-0.3, -0.25) is 0 Å². The smallest absolute Gasteiger partial charge is 0.129 e. The monoisotopic (exact) mass is 238 g/mol. The quantitative estimate of drug-likeness (QED) is 0.822. The molecule has 88 valence electrons. The van der Waals surface area contributed by atoms with Crippen molar-refractivity contribution in [2.45, 2.75) is 44.6 Å².